The molecule has 34 heavy (non-hydrogen) atoms. The van der Waals surface area contributed by atoms with E-state index in [2.05, 4.69) is 15.6 Å². The van der Waals surface area contributed by atoms with Crippen LogP contribution < -0.4 is 15.4 Å². The molecule has 2 amide bonds. The fourth-order valence-electron chi connectivity index (χ4n) is 3.00. The Balaban J connectivity index is 1.35. The number of anilines is 1. The van der Waals surface area contributed by atoms with Crippen molar-refractivity contribution in [1.29, 1.82) is 0 Å². The highest BCUT2D eigenvalue weighted by Gasteiger charge is 2.24. The van der Waals surface area contributed by atoms with E-state index in [1.165, 1.54) is 36.0 Å². The van der Waals surface area contributed by atoms with E-state index in [4.69, 9.17) is 16.3 Å². The summed E-state index contributed by atoms with van der Waals surface area (Å²) in [6.07, 6.45) is 1.75. The smallest absolute Gasteiger partial charge is 0.264 e. The van der Waals surface area contributed by atoms with Crippen LogP contribution in [0.25, 0.3) is 6.08 Å². The Labute approximate surface area is 204 Å². The van der Waals surface area contributed by atoms with E-state index in [1.807, 2.05) is 19.1 Å². The van der Waals surface area contributed by atoms with Gasteiger partial charge in [0.15, 0.2) is 11.8 Å². The summed E-state index contributed by atoms with van der Waals surface area (Å²) in [6.45, 7) is 1.68. The number of carbonyl (C=O) groups excluding carboxylic acids is 2. The molecule has 9 heteroatoms. The number of halogens is 2. The molecule has 0 unspecified atom stereocenters. The van der Waals surface area contributed by atoms with E-state index in [1.54, 1.807) is 36.4 Å². The van der Waals surface area contributed by atoms with Crippen LogP contribution in [0.4, 0.5) is 15.8 Å². The van der Waals surface area contributed by atoms with Crippen LogP contribution in [0, 0.1) is 12.7 Å². The van der Waals surface area contributed by atoms with E-state index in [9.17, 15) is 14.0 Å². The monoisotopic (exact) mass is 495 g/mol. The van der Waals surface area contributed by atoms with Crippen molar-refractivity contribution in [3.63, 3.8) is 0 Å². The minimum absolute atomic E-state index is 0.196. The Kier molecular flexibility index (Phi) is 7.30. The van der Waals surface area contributed by atoms with Gasteiger partial charge in [0, 0.05) is 10.7 Å². The van der Waals surface area contributed by atoms with Gasteiger partial charge in [0.25, 0.3) is 11.8 Å². The first-order valence-corrected chi connectivity index (χ1v) is 11.4. The lowest BCUT2D eigenvalue weighted by molar-refractivity contribution is -0.118. The van der Waals surface area contributed by atoms with E-state index >= 15 is 0 Å². The Bertz CT molecular complexity index is 1290. The molecular formula is C25H19ClFN3O3S. The quantitative estimate of drug-likeness (QED) is 0.430. The molecule has 1 heterocycles. The topological polar surface area (TPSA) is 79.8 Å². The molecule has 6 nitrogen and oxygen atoms in total. The zero-order valence-corrected chi connectivity index (χ0v) is 19.5. The first kappa shape index (κ1) is 23.5. The summed E-state index contributed by atoms with van der Waals surface area (Å²) >= 11 is 7.38. The zero-order valence-electron chi connectivity index (χ0n) is 18.0. The first-order valence-electron chi connectivity index (χ1n) is 10.2. The predicted molar refractivity (Wildman–Crippen MR) is 134 cm³/mol. The van der Waals surface area contributed by atoms with Crippen molar-refractivity contribution in [2.75, 3.05) is 11.9 Å². The maximum atomic E-state index is 12.9. The number of amidine groups is 1. The summed E-state index contributed by atoms with van der Waals surface area (Å²) in [6, 6.07) is 17.9. The van der Waals surface area contributed by atoms with Gasteiger partial charge in [-0.2, -0.15) is 0 Å². The Hall–Kier alpha value is -3.62. The molecule has 0 aromatic heterocycles. The van der Waals surface area contributed by atoms with Crippen molar-refractivity contribution in [2.45, 2.75) is 6.92 Å². The maximum absolute atomic E-state index is 12.9. The van der Waals surface area contributed by atoms with Crippen molar-refractivity contribution in [2.24, 2.45) is 4.99 Å². The standard InChI is InChI=1S/C25H19ClFN3O3S/c1-15-20(26)3-2-4-21(15)29-25-30-24(32)22(34-25)13-16-5-11-19(12-6-16)33-14-23(31)28-18-9-7-17(27)8-10-18/h2-13H,14H2,1H3,(H,28,31)(H,29,30,32)/b22-13+. The highest BCUT2D eigenvalue weighted by Crippen LogP contribution is 2.31. The van der Waals surface area contributed by atoms with Gasteiger partial charge in [0.1, 0.15) is 11.6 Å². The zero-order chi connectivity index (χ0) is 24.1. The fourth-order valence-corrected chi connectivity index (χ4v) is 4.00. The fraction of sp³-hybridized carbons (Fsp3) is 0.0800. The van der Waals surface area contributed by atoms with Gasteiger partial charge in [-0.15, -0.1) is 0 Å². The molecule has 3 aromatic rings. The van der Waals surface area contributed by atoms with Crippen LogP contribution in [0.3, 0.4) is 0 Å². The minimum Gasteiger partial charge on any atom is -0.484 e. The molecule has 0 aliphatic carbocycles. The lowest BCUT2D eigenvalue weighted by atomic mass is 10.2. The van der Waals surface area contributed by atoms with Gasteiger partial charge in [0.05, 0.1) is 10.6 Å². The molecule has 2 N–H and O–H groups in total. The molecule has 1 aliphatic rings. The molecule has 1 fully saturated rings. The van der Waals surface area contributed by atoms with Crippen molar-refractivity contribution in [3.8, 4) is 5.75 Å². The van der Waals surface area contributed by atoms with Crippen molar-refractivity contribution < 1.29 is 18.7 Å². The number of ether oxygens (including phenoxy) is 1. The third-order valence-corrected chi connectivity index (χ3v) is 6.11. The molecule has 172 valence electrons. The van der Waals surface area contributed by atoms with Gasteiger partial charge in [-0.1, -0.05) is 29.8 Å². The highest BCUT2D eigenvalue weighted by atomic mass is 35.5. The van der Waals surface area contributed by atoms with Crippen LogP contribution in [0.5, 0.6) is 5.75 Å². The number of hydrogen-bond donors (Lipinski definition) is 2. The van der Waals surface area contributed by atoms with Crippen LogP contribution in [-0.4, -0.2) is 23.6 Å². The van der Waals surface area contributed by atoms with Crippen molar-refractivity contribution in [1.82, 2.24) is 5.32 Å². The van der Waals surface area contributed by atoms with Gasteiger partial charge in [0.2, 0.25) is 0 Å². The number of amides is 2. The van der Waals surface area contributed by atoms with E-state index in [0.717, 1.165) is 11.1 Å². The van der Waals surface area contributed by atoms with Crippen LogP contribution in [0.15, 0.2) is 76.6 Å². The maximum Gasteiger partial charge on any atom is 0.264 e. The van der Waals surface area contributed by atoms with Crippen LogP contribution in [0.2, 0.25) is 5.02 Å². The van der Waals surface area contributed by atoms with Gasteiger partial charge in [-0.25, -0.2) is 9.38 Å². The molecule has 1 saturated heterocycles. The SMILES string of the molecule is Cc1c(Cl)cccc1N=C1NC(=O)/C(=C\c2ccc(OCC(=O)Nc3ccc(F)cc3)cc2)S1. The summed E-state index contributed by atoms with van der Waals surface area (Å²) in [5, 5.41) is 6.48. The summed E-state index contributed by atoms with van der Waals surface area (Å²) in [4.78, 5) is 29.3. The molecule has 0 saturated carbocycles. The highest BCUT2D eigenvalue weighted by molar-refractivity contribution is 8.18. The Morgan fingerprint density at radius 2 is 1.88 bits per heavy atom. The van der Waals surface area contributed by atoms with Crippen LogP contribution in [-0.2, 0) is 9.59 Å². The number of nitrogens with zero attached hydrogens (tertiary/aromatic N) is 1. The molecule has 0 atom stereocenters. The lowest BCUT2D eigenvalue weighted by Crippen LogP contribution is -2.20. The number of carbonyl (C=O) groups is 2. The second-order valence-electron chi connectivity index (χ2n) is 7.28. The second-order valence-corrected chi connectivity index (χ2v) is 8.72. The Morgan fingerprint density at radius 1 is 1.15 bits per heavy atom. The van der Waals surface area contributed by atoms with Crippen LogP contribution in [0.1, 0.15) is 11.1 Å². The van der Waals surface area contributed by atoms with E-state index in [0.29, 0.717) is 32.2 Å². The largest absolute Gasteiger partial charge is 0.484 e. The van der Waals surface area contributed by atoms with Gasteiger partial charge in [-0.3, -0.25) is 9.59 Å². The first-order chi connectivity index (χ1) is 16.4. The summed E-state index contributed by atoms with van der Waals surface area (Å²) in [5.74, 6) is -0.476. The molecule has 0 spiro atoms. The number of hydrogen-bond acceptors (Lipinski definition) is 5. The van der Waals surface area contributed by atoms with E-state index < -0.39 is 0 Å². The Morgan fingerprint density at radius 3 is 2.62 bits per heavy atom. The molecule has 3 aromatic carbocycles. The van der Waals surface area contributed by atoms with Gasteiger partial charge in [-0.05, 0) is 84.4 Å². The molecular weight excluding hydrogens is 477 g/mol. The number of nitrogens with one attached hydrogen (secondary N) is 2. The molecule has 1 aliphatic heterocycles. The third-order valence-electron chi connectivity index (χ3n) is 4.79. The van der Waals surface area contributed by atoms with E-state index in [-0.39, 0.29) is 24.2 Å². The number of benzene rings is 3. The minimum atomic E-state index is -0.377. The summed E-state index contributed by atoms with van der Waals surface area (Å²) in [5.41, 5.74) is 2.81. The van der Waals surface area contributed by atoms with Crippen molar-refractivity contribution >= 4 is 57.8 Å². The average Bonchev–Trinajstić information content (AvgIpc) is 3.16. The molecule has 0 radical (unpaired) electrons. The molecule has 4 rings (SSSR count). The lowest BCUT2D eigenvalue weighted by Gasteiger charge is -2.08. The summed E-state index contributed by atoms with van der Waals surface area (Å²) in [7, 11) is 0. The number of rotatable bonds is 6. The van der Waals surface area contributed by atoms with Crippen LogP contribution >= 0.6 is 23.4 Å². The number of aliphatic imine (C=N–C) groups is 1. The van der Waals surface area contributed by atoms with Crippen molar-refractivity contribution in [3.05, 3.63) is 93.6 Å². The van der Waals surface area contributed by atoms with Gasteiger partial charge >= 0.3 is 0 Å². The average molecular weight is 496 g/mol. The number of thioether (sulfide) groups is 1. The normalized spacial score (nSPS) is 15.4. The summed E-state index contributed by atoms with van der Waals surface area (Å²) < 4.78 is 18.4. The van der Waals surface area contributed by atoms with Gasteiger partial charge < -0.3 is 15.4 Å². The molecule has 0 bridgehead atoms. The predicted octanol–water partition coefficient (Wildman–Crippen LogP) is 5.70. The third kappa shape index (κ3) is 6.03. The second kappa shape index (κ2) is 10.5.